The Labute approximate surface area is 190 Å². The van der Waals surface area contributed by atoms with Gasteiger partial charge in [-0.05, 0) is 54.7 Å². The number of halogens is 1. The van der Waals surface area contributed by atoms with E-state index in [0.29, 0.717) is 34.9 Å². The number of nitrogens with zero attached hydrogens (tertiary/aromatic N) is 3. The van der Waals surface area contributed by atoms with Gasteiger partial charge in [-0.15, -0.1) is 0 Å². The molecular weight excluding hydrogens is 426 g/mol. The molecule has 1 unspecified atom stereocenters. The summed E-state index contributed by atoms with van der Waals surface area (Å²) in [7, 11) is 3.22. The van der Waals surface area contributed by atoms with Crippen LogP contribution in [0.15, 0.2) is 48.7 Å². The average Bonchev–Trinajstić information content (AvgIpc) is 3.15. The molecule has 5 rings (SSSR count). The fraction of sp³-hybridized carbons (Fsp3) is 0.240. The van der Waals surface area contributed by atoms with Crippen molar-refractivity contribution in [2.24, 2.45) is 0 Å². The van der Waals surface area contributed by atoms with Gasteiger partial charge in [0, 0.05) is 23.2 Å². The third kappa shape index (κ3) is 3.31. The molecule has 0 N–H and O–H groups in total. The van der Waals surface area contributed by atoms with Gasteiger partial charge in [0.05, 0.1) is 31.2 Å². The van der Waals surface area contributed by atoms with Gasteiger partial charge in [0.1, 0.15) is 0 Å². The van der Waals surface area contributed by atoms with Gasteiger partial charge in [0.25, 0.3) is 0 Å². The van der Waals surface area contributed by atoms with Crippen molar-refractivity contribution in [3.63, 3.8) is 0 Å². The Bertz CT molecular complexity index is 1350. The zero-order valence-corrected chi connectivity index (χ0v) is 18.8. The Kier molecular flexibility index (Phi) is 5.10. The monoisotopic (exact) mass is 447 g/mol. The van der Waals surface area contributed by atoms with Crippen LogP contribution in [0.1, 0.15) is 39.6 Å². The summed E-state index contributed by atoms with van der Waals surface area (Å²) in [6.07, 6.45) is 2.84. The van der Waals surface area contributed by atoms with Crippen molar-refractivity contribution < 1.29 is 14.3 Å². The highest BCUT2D eigenvalue weighted by atomic mass is 35.5. The number of rotatable bonds is 4. The predicted octanol–water partition coefficient (Wildman–Crippen LogP) is 5.29. The van der Waals surface area contributed by atoms with Crippen LogP contribution in [0.25, 0.3) is 16.8 Å². The molecule has 0 saturated carbocycles. The Morgan fingerprint density at radius 2 is 1.78 bits per heavy atom. The van der Waals surface area contributed by atoms with Gasteiger partial charge >= 0.3 is 0 Å². The second-order valence-corrected chi connectivity index (χ2v) is 8.40. The van der Waals surface area contributed by atoms with E-state index in [4.69, 9.17) is 26.2 Å². The van der Waals surface area contributed by atoms with E-state index in [1.54, 1.807) is 20.4 Å². The van der Waals surface area contributed by atoms with Gasteiger partial charge in [-0.3, -0.25) is 4.79 Å². The number of hydrogen-bond donors (Lipinski definition) is 0. The normalized spacial score (nSPS) is 15.6. The SMILES string of the molecule is COc1ccc(-c2c(C)nn3c4c(cnc23)C(=O)CC(c2ccc(Cl)cc2)C4)cc1OC. The predicted molar refractivity (Wildman–Crippen MR) is 123 cm³/mol. The van der Waals surface area contributed by atoms with E-state index < -0.39 is 0 Å². The minimum atomic E-state index is 0.0758. The van der Waals surface area contributed by atoms with E-state index in [-0.39, 0.29) is 11.7 Å². The second-order valence-electron chi connectivity index (χ2n) is 7.96. The molecule has 0 fully saturated rings. The maximum Gasteiger partial charge on any atom is 0.166 e. The smallest absolute Gasteiger partial charge is 0.166 e. The first kappa shape index (κ1) is 20.5. The fourth-order valence-corrected chi connectivity index (χ4v) is 4.63. The highest BCUT2D eigenvalue weighted by Gasteiger charge is 2.30. The van der Waals surface area contributed by atoms with E-state index in [1.807, 2.05) is 53.9 Å². The molecule has 0 amide bonds. The molecule has 0 spiro atoms. The number of carbonyl (C=O) groups excluding carboxylic acids is 1. The summed E-state index contributed by atoms with van der Waals surface area (Å²) in [5.74, 6) is 1.46. The third-order valence-corrected chi connectivity index (χ3v) is 6.36. The number of carbonyl (C=O) groups is 1. The lowest BCUT2D eigenvalue weighted by atomic mass is 9.82. The molecule has 162 valence electrons. The van der Waals surface area contributed by atoms with Crippen molar-refractivity contribution in [2.75, 3.05) is 14.2 Å². The van der Waals surface area contributed by atoms with Gasteiger partial charge in [-0.25, -0.2) is 9.50 Å². The van der Waals surface area contributed by atoms with E-state index in [2.05, 4.69) is 4.98 Å². The van der Waals surface area contributed by atoms with Crippen LogP contribution >= 0.6 is 11.6 Å². The number of hydrogen-bond acceptors (Lipinski definition) is 5. The van der Waals surface area contributed by atoms with Crippen LogP contribution in [0.2, 0.25) is 5.02 Å². The van der Waals surface area contributed by atoms with Gasteiger partial charge in [-0.2, -0.15) is 5.10 Å². The molecular formula is C25H22ClN3O3. The molecule has 6 nitrogen and oxygen atoms in total. The van der Waals surface area contributed by atoms with Crippen LogP contribution in [0.5, 0.6) is 11.5 Å². The Morgan fingerprint density at radius 1 is 1.03 bits per heavy atom. The van der Waals surface area contributed by atoms with Crippen molar-refractivity contribution >= 4 is 23.0 Å². The van der Waals surface area contributed by atoms with Crippen molar-refractivity contribution in [3.05, 3.63) is 76.2 Å². The molecule has 2 heterocycles. The first-order valence-electron chi connectivity index (χ1n) is 10.4. The highest BCUT2D eigenvalue weighted by molar-refractivity contribution is 6.30. The van der Waals surface area contributed by atoms with Gasteiger partial charge in [0.15, 0.2) is 22.9 Å². The minimum Gasteiger partial charge on any atom is -0.493 e. The molecule has 4 aromatic rings. The quantitative estimate of drug-likeness (QED) is 0.425. The molecule has 1 aliphatic rings. The zero-order valence-electron chi connectivity index (χ0n) is 18.1. The number of fused-ring (bicyclic) bond motifs is 3. The topological polar surface area (TPSA) is 65.7 Å². The van der Waals surface area contributed by atoms with E-state index in [9.17, 15) is 4.79 Å². The molecule has 0 bridgehead atoms. The Morgan fingerprint density at radius 3 is 2.50 bits per heavy atom. The number of methoxy groups -OCH3 is 2. The minimum absolute atomic E-state index is 0.0758. The van der Waals surface area contributed by atoms with Crippen molar-refractivity contribution in [2.45, 2.75) is 25.7 Å². The number of aromatic nitrogens is 3. The molecule has 2 aromatic carbocycles. The lowest BCUT2D eigenvalue weighted by molar-refractivity contribution is 0.0962. The van der Waals surface area contributed by atoms with E-state index in [1.165, 1.54) is 0 Å². The van der Waals surface area contributed by atoms with E-state index >= 15 is 0 Å². The van der Waals surface area contributed by atoms with Gasteiger partial charge in [-0.1, -0.05) is 29.8 Å². The molecule has 32 heavy (non-hydrogen) atoms. The second kappa shape index (κ2) is 7.95. The molecule has 0 radical (unpaired) electrons. The Balaban J connectivity index is 1.63. The largest absolute Gasteiger partial charge is 0.493 e. The molecule has 1 atom stereocenters. The summed E-state index contributed by atoms with van der Waals surface area (Å²) in [4.78, 5) is 17.6. The number of aryl methyl sites for hydroxylation is 1. The lowest BCUT2D eigenvalue weighted by Crippen LogP contribution is -2.22. The number of Topliss-reactive ketones (excluding diaryl/α,β-unsaturated/α-hetero) is 1. The average molecular weight is 448 g/mol. The van der Waals surface area contributed by atoms with Crippen LogP contribution in [-0.4, -0.2) is 34.6 Å². The van der Waals surface area contributed by atoms with Crippen LogP contribution in [0.4, 0.5) is 0 Å². The van der Waals surface area contributed by atoms with Crippen molar-refractivity contribution in [1.82, 2.24) is 14.6 Å². The van der Waals surface area contributed by atoms with Crippen LogP contribution in [0, 0.1) is 6.92 Å². The standard InChI is InChI=1S/C25H22ClN3O3/c1-14-24(16-6-9-22(31-2)23(12-16)32-3)25-27-13-19-20(29(25)28-14)10-17(11-21(19)30)15-4-7-18(26)8-5-15/h4-9,12-13,17H,10-11H2,1-3H3. The summed E-state index contributed by atoms with van der Waals surface area (Å²) in [6.45, 7) is 1.95. The maximum absolute atomic E-state index is 13.0. The number of ketones is 1. The summed E-state index contributed by atoms with van der Waals surface area (Å²) >= 11 is 6.05. The fourth-order valence-electron chi connectivity index (χ4n) is 4.51. The third-order valence-electron chi connectivity index (χ3n) is 6.10. The summed E-state index contributed by atoms with van der Waals surface area (Å²) in [5, 5.41) is 5.47. The molecule has 0 saturated heterocycles. The van der Waals surface area contributed by atoms with Crippen LogP contribution in [-0.2, 0) is 6.42 Å². The van der Waals surface area contributed by atoms with Crippen LogP contribution in [0.3, 0.4) is 0 Å². The summed E-state index contributed by atoms with van der Waals surface area (Å²) in [5.41, 5.74) is 6.03. The first-order valence-corrected chi connectivity index (χ1v) is 10.8. The molecule has 7 heteroatoms. The van der Waals surface area contributed by atoms with Crippen molar-refractivity contribution in [1.29, 1.82) is 0 Å². The summed E-state index contributed by atoms with van der Waals surface area (Å²) in [6, 6.07) is 13.5. The Hall–Kier alpha value is -3.38. The lowest BCUT2D eigenvalue weighted by Gasteiger charge is -2.24. The zero-order chi connectivity index (χ0) is 22.4. The van der Waals surface area contributed by atoms with Crippen molar-refractivity contribution in [3.8, 4) is 22.6 Å². The highest BCUT2D eigenvalue weighted by Crippen LogP contribution is 2.38. The molecule has 0 aliphatic heterocycles. The molecule has 1 aliphatic carbocycles. The molecule has 2 aromatic heterocycles. The summed E-state index contributed by atoms with van der Waals surface area (Å²) < 4.78 is 12.7. The first-order chi connectivity index (χ1) is 15.5. The van der Waals surface area contributed by atoms with Gasteiger partial charge in [0.2, 0.25) is 0 Å². The van der Waals surface area contributed by atoms with E-state index in [0.717, 1.165) is 33.7 Å². The number of benzene rings is 2. The van der Waals surface area contributed by atoms with Gasteiger partial charge < -0.3 is 9.47 Å². The van der Waals surface area contributed by atoms with Crippen LogP contribution < -0.4 is 9.47 Å². The maximum atomic E-state index is 13.0. The number of ether oxygens (including phenoxy) is 2.